The van der Waals surface area contributed by atoms with Gasteiger partial charge < -0.3 is 4.90 Å². The first-order valence-corrected chi connectivity index (χ1v) is 14.1. The highest BCUT2D eigenvalue weighted by atomic mass is 32.2. The van der Waals surface area contributed by atoms with Gasteiger partial charge in [-0.2, -0.15) is 5.26 Å². The van der Waals surface area contributed by atoms with Gasteiger partial charge in [0.1, 0.15) is 21.8 Å². The van der Waals surface area contributed by atoms with Gasteiger partial charge in [0.25, 0.3) is 11.5 Å². The van der Waals surface area contributed by atoms with Crippen molar-refractivity contribution >= 4 is 55.9 Å². The van der Waals surface area contributed by atoms with Crippen LogP contribution in [0, 0.1) is 18.3 Å². The molecule has 4 rings (SSSR count). The van der Waals surface area contributed by atoms with Gasteiger partial charge in [-0.3, -0.25) is 19.1 Å². The van der Waals surface area contributed by atoms with Crippen LogP contribution in [0.15, 0.2) is 9.70 Å². The molecule has 0 radical (unpaired) electrons. The zero-order valence-electron chi connectivity index (χ0n) is 18.7. The van der Waals surface area contributed by atoms with E-state index in [1.807, 2.05) is 13.0 Å². The Hall–Kier alpha value is -2.16. The van der Waals surface area contributed by atoms with E-state index >= 15 is 0 Å². The summed E-state index contributed by atoms with van der Waals surface area (Å²) in [4.78, 5) is 30.3. The fourth-order valence-electron chi connectivity index (χ4n) is 4.79. The Balaban J connectivity index is 1.83. The molecule has 8 nitrogen and oxygen atoms in total. The van der Waals surface area contributed by atoms with E-state index in [1.54, 1.807) is 17.6 Å². The van der Waals surface area contributed by atoms with Crippen LogP contribution in [0.2, 0.25) is 0 Å². The Morgan fingerprint density at radius 2 is 1.94 bits per heavy atom. The second kappa shape index (κ2) is 9.24. The largest absolute Gasteiger partial charge is 0.357 e. The number of pyridine rings is 1. The van der Waals surface area contributed by atoms with Crippen LogP contribution in [0.3, 0.4) is 0 Å². The molecule has 11 heteroatoms. The van der Waals surface area contributed by atoms with Crippen LogP contribution in [0.4, 0.5) is 5.82 Å². The third kappa shape index (κ3) is 4.36. The minimum Gasteiger partial charge on any atom is -0.357 e. The van der Waals surface area contributed by atoms with Gasteiger partial charge in [0, 0.05) is 25.2 Å². The predicted octanol–water partition coefficient (Wildman–Crippen LogP) is 2.43. The summed E-state index contributed by atoms with van der Waals surface area (Å²) in [5.74, 6) is 0.388. The van der Waals surface area contributed by atoms with Crippen molar-refractivity contribution in [2.24, 2.45) is 0 Å². The van der Waals surface area contributed by atoms with Crippen molar-refractivity contribution in [2.45, 2.75) is 52.1 Å². The van der Waals surface area contributed by atoms with E-state index in [0.717, 1.165) is 49.9 Å². The summed E-state index contributed by atoms with van der Waals surface area (Å²) in [6, 6.07) is 1.59. The molecule has 4 heterocycles. The zero-order valence-corrected chi connectivity index (χ0v) is 21.1. The molecule has 0 saturated carbocycles. The molecule has 0 aromatic carbocycles. The SMILES string of the molecule is CCn1c(N2CCCCC2)c(/C=C2\SC(=S)N(C3CCS(=O)(=O)C3)C2=O)c(C)c(C#N)c1=O. The second-order valence-electron chi connectivity index (χ2n) is 8.55. The zero-order chi connectivity index (χ0) is 23.9. The number of amides is 1. The van der Waals surface area contributed by atoms with Crippen LogP contribution in [0.25, 0.3) is 6.08 Å². The molecule has 1 amide bonds. The lowest BCUT2D eigenvalue weighted by molar-refractivity contribution is -0.123. The van der Waals surface area contributed by atoms with Crippen molar-refractivity contribution in [2.75, 3.05) is 29.5 Å². The number of piperidine rings is 1. The smallest absolute Gasteiger partial charge is 0.270 e. The molecule has 3 aliphatic rings. The van der Waals surface area contributed by atoms with E-state index in [9.17, 15) is 23.3 Å². The quantitative estimate of drug-likeness (QED) is 0.453. The van der Waals surface area contributed by atoms with Crippen molar-refractivity contribution in [3.63, 3.8) is 0 Å². The summed E-state index contributed by atoms with van der Waals surface area (Å²) in [5, 5.41) is 9.68. The third-order valence-electron chi connectivity index (χ3n) is 6.49. The van der Waals surface area contributed by atoms with Crippen LogP contribution in [0.1, 0.15) is 49.3 Å². The Morgan fingerprint density at radius 1 is 1.24 bits per heavy atom. The standard InChI is InChI=1S/C22H26N4O4S3/c1-3-25-19(24-8-5-4-6-9-24)16(14(2)17(12-23)20(25)27)11-18-21(28)26(22(31)32-18)15-7-10-33(29,30)13-15/h11,15H,3-10,13H2,1-2H3/b18-11-. The van der Waals surface area contributed by atoms with Crippen LogP contribution in [-0.2, 0) is 21.2 Å². The maximum absolute atomic E-state index is 13.3. The van der Waals surface area contributed by atoms with Crippen molar-refractivity contribution in [3.8, 4) is 6.07 Å². The third-order valence-corrected chi connectivity index (χ3v) is 9.57. The number of aromatic nitrogens is 1. The number of carbonyl (C=O) groups excluding carboxylic acids is 1. The minimum absolute atomic E-state index is 0.0545. The van der Waals surface area contributed by atoms with Crippen molar-refractivity contribution in [3.05, 3.63) is 31.9 Å². The van der Waals surface area contributed by atoms with E-state index in [2.05, 4.69) is 4.90 Å². The number of sulfone groups is 1. The highest BCUT2D eigenvalue weighted by Crippen LogP contribution is 2.38. The molecule has 3 fully saturated rings. The molecule has 1 atom stereocenters. The summed E-state index contributed by atoms with van der Waals surface area (Å²) in [6.07, 6.45) is 5.25. The number of anilines is 1. The number of thioether (sulfide) groups is 1. The summed E-state index contributed by atoms with van der Waals surface area (Å²) in [6.45, 7) is 5.61. The maximum atomic E-state index is 13.3. The summed E-state index contributed by atoms with van der Waals surface area (Å²) >= 11 is 6.59. The molecular weight excluding hydrogens is 480 g/mol. The molecule has 0 bridgehead atoms. The molecule has 3 aliphatic heterocycles. The molecular formula is C22H26N4O4S3. The van der Waals surface area contributed by atoms with E-state index in [0.29, 0.717) is 33.3 Å². The van der Waals surface area contributed by atoms with E-state index in [1.165, 1.54) is 4.90 Å². The molecule has 176 valence electrons. The highest BCUT2D eigenvalue weighted by molar-refractivity contribution is 8.26. The van der Waals surface area contributed by atoms with Gasteiger partial charge in [-0.15, -0.1) is 0 Å². The normalized spacial score (nSPS) is 24.0. The number of thiocarbonyl (C=S) groups is 1. The van der Waals surface area contributed by atoms with Gasteiger partial charge in [0.05, 0.1) is 22.5 Å². The monoisotopic (exact) mass is 506 g/mol. The maximum Gasteiger partial charge on any atom is 0.270 e. The molecule has 1 aromatic heterocycles. The number of hydrogen-bond acceptors (Lipinski definition) is 8. The summed E-state index contributed by atoms with van der Waals surface area (Å²) in [7, 11) is -3.17. The first-order valence-electron chi connectivity index (χ1n) is 11.1. The predicted molar refractivity (Wildman–Crippen MR) is 134 cm³/mol. The lowest BCUT2D eigenvalue weighted by Crippen LogP contribution is -2.39. The Morgan fingerprint density at radius 3 is 2.52 bits per heavy atom. The van der Waals surface area contributed by atoms with Crippen LogP contribution >= 0.6 is 24.0 Å². The van der Waals surface area contributed by atoms with Crippen molar-refractivity contribution in [1.82, 2.24) is 9.47 Å². The van der Waals surface area contributed by atoms with Gasteiger partial charge >= 0.3 is 0 Å². The van der Waals surface area contributed by atoms with Crippen molar-refractivity contribution < 1.29 is 13.2 Å². The average molecular weight is 507 g/mol. The molecule has 0 N–H and O–H groups in total. The van der Waals surface area contributed by atoms with Gasteiger partial charge in [-0.25, -0.2) is 8.42 Å². The van der Waals surface area contributed by atoms with Gasteiger partial charge in [0.15, 0.2) is 9.84 Å². The molecule has 0 spiro atoms. The molecule has 1 aromatic rings. The van der Waals surface area contributed by atoms with Crippen LogP contribution < -0.4 is 10.5 Å². The topological polar surface area (TPSA) is 103 Å². The molecule has 1 unspecified atom stereocenters. The fourth-order valence-corrected chi connectivity index (χ4v) is 7.87. The van der Waals surface area contributed by atoms with Crippen molar-refractivity contribution in [1.29, 1.82) is 5.26 Å². The number of nitriles is 1. The molecule has 3 saturated heterocycles. The fraction of sp³-hybridized carbons (Fsp3) is 0.545. The first kappa shape index (κ1) is 24.0. The minimum atomic E-state index is -3.17. The summed E-state index contributed by atoms with van der Waals surface area (Å²) < 4.78 is 25.9. The summed E-state index contributed by atoms with van der Waals surface area (Å²) in [5.41, 5.74) is 0.969. The molecule has 0 aliphatic carbocycles. The Kier molecular flexibility index (Phi) is 6.71. The van der Waals surface area contributed by atoms with E-state index in [-0.39, 0.29) is 28.5 Å². The average Bonchev–Trinajstić information content (AvgIpc) is 3.27. The van der Waals surface area contributed by atoms with Crippen LogP contribution in [-0.4, -0.2) is 58.7 Å². The van der Waals surface area contributed by atoms with Gasteiger partial charge in [-0.1, -0.05) is 24.0 Å². The van der Waals surface area contributed by atoms with Gasteiger partial charge in [-0.05, 0) is 51.2 Å². The number of hydrogen-bond donors (Lipinski definition) is 0. The van der Waals surface area contributed by atoms with E-state index in [4.69, 9.17) is 12.2 Å². The number of nitrogens with zero attached hydrogens (tertiary/aromatic N) is 4. The highest BCUT2D eigenvalue weighted by Gasteiger charge is 2.42. The van der Waals surface area contributed by atoms with E-state index < -0.39 is 15.9 Å². The second-order valence-corrected chi connectivity index (χ2v) is 12.5. The first-order chi connectivity index (χ1) is 15.7. The van der Waals surface area contributed by atoms with Gasteiger partial charge in [0.2, 0.25) is 0 Å². The molecule has 33 heavy (non-hydrogen) atoms. The number of carbonyl (C=O) groups is 1. The number of rotatable bonds is 4. The lowest BCUT2D eigenvalue weighted by atomic mass is 10.0. The van der Waals surface area contributed by atoms with Crippen LogP contribution in [0.5, 0.6) is 0 Å². The lowest BCUT2D eigenvalue weighted by Gasteiger charge is -2.33. The Bertz CT molecular complexity index is 1250. The Labute approximate surface area is 203 Å².